The van der Waals surface area contributed by atoms with Gasteiger partial charge in [-0.1, -0.05) is 0 Å². The molecule has 21 heavy (non-hydrogen) atoms. The molecule has 1 unspecified atom stereocenters. The van der Waals surface area contributed by atoms with Crippen LogP contribution in [0.1, 0.15) is 36.8 Å². The Morgan fingerprint density at radius 1 is 1.52 bits per heavy atom. The van der Waals surface area contributed by atoms with Crippen molar-refractivity contribution in [3.05, 3.63) is 23.5 Å². The summed E-state index contributed by atoms with van der Waals surface area (Å²) in [6, 6.07) is 0.421. The van der Waals surface area contributed by atoms with Gasteiger partial charge in [0.1, 0.15) is 6.04 Å². The molecule has 0 spiro atoms. The standard InChI is InChI=1S/C13H18N4O3S/c1-13(2,3)14-5-8-4-9(17-15-6-8)11(18)16-10(7-21)12(19)20/h4-6,10,21H,7H2,1-3H3,(H,16,18)(H,19,20)/b14-5-. The lowest BCUT2D eigenvalue weighted by Crippen LogP contribution is -2.42. The zero-order valence-corrected chi connectivity index (χ0v) is 13.0. The molecule has 0 aliphatic rings. The van der Waals surface area contributed by atoms with Crippen LogP contribution in [0.5, 0.6) is 0 Å². The Kier molecular flexibility index (Phi) is 5.83. The minimum Gasteiger partial charge on any atom is -0.480 e. The number of hydrogen-bond donors (Lipinski definition) is 3. The van der Waals surface area contributed by atoms with Crippen molar-refractivity contribution in [2.75, 3.05) is 5.75 Å². The second kappa shape index (κ2) is 7.16. The van der Waals surface area contributed by atoms with E-state index in [-0.39, 0.29) is 17.0 Å². The van der Waals surface area contributed by atoms with E-state index in [4.69, 9.17) is 5.11 Å². The molecule has 1 rings (SSSR count). The monoisotopic (exact) mass is 310 g/mol. The van der Waals surface area contributed by atoms with E-state index in [1.807, 2.05) is 20.8 Å². The fourth-order valence-electron chi connectivity index (χ4n) is 1.25. The van der Waals surface area contributed by atoms with Crippen LogP contribution in [0.2, 0.25) is 0 Å². The third-order valence-electron chi connectivity index (χ3n) is 2.30. The van der Waals surface area contributed by atoms with Crippen LogP contribution in [0, 0.1) is 0 Å². The first-order valence-corrected chi connectivity index (χ1v) is 6.88. The van der Waals surface area contributed by atoms with E-state index < -0.39 is 17.9 Å². The molecule has 1 aromatic rings. The van der Waals surface area contributed by atoms with Gasteiger partial charge in [0, 0.05) is 17.5 Å². The maximum absolute atomic E-state index is 11.9. The normalized spacial score (nSPS) is 13.1. The number of nitrogens with zero attached hydrogens (tertiary/aromatic N) is 3. The van der Waals surface area contributed by atoms with Gasteiger partial charge in [-0.3, -0.25) is 9.79 Å². The predicted octanol–water partition coefficient (Wildman–Crippen LogP) is 0.807. The Bertz CT molecular complexity index is 555. The molecule has 1 heterocycles. The summed E-state index contributed by atoms with van der Waals surface area (Å²) in [6.45, 7) is 5.82. The Morgan fingerprint density at radius 3 is 2.71 bits per heavy atom. The zero-order valence-electron chi connectivity index (χ0n) is 12.1. The van der Waals surface area contributed by atoms with Crippen molar-refractivity contribution in [2.45, 2.75) is 32.4 Å². The number of carbonyl (C=O) groups is 2. The van der Waals surface area contributed by atoms with E-state index in [1.165, 1.54) is 12.3 Å². The molecule has 0 saturated carbocycles. The second-order valence-electron chi connectivity index (χ2n) is 5.35. The third-order valence-corrected chi connectivity index (χ3v) is 2.66. The fourth-order valence-corrected chi connectivity index (χ4v) is 1.50. The van der Waals surface area contributed by atoms with Crippen molar-refractivity contribution >= 4 is 30.7 Å². The number of aliphatic carboxylic acids is 1. The molecule has 2 N–H and O–H groups in total. The number of thiol groups is 1. The summed E-state index contributed by atoms with van der Waals surface area (Å²) in [5.41, 5.74) is 0.398. The summed E-state index contributed by atoms with van der Waals surface area (Å²) in [7, 11) is 0. The molecular formula is C13H18N4O3S. The lowest BCUT2D eigenvalue weighted by atomic mass is 10.1. The molecule has 0 fully saturated rings. The summed E-state index contributed by atoms with van der Waals surface area (Å²) >= 11 is 3.87. The lowest BCUT2D eigenvalue weighted by Gasteiger charge is -2.12. The van der Waals surface area contributed by atoms with Crippen LogP contribution in [0.3, 0.4) is 0 Å². The van der Waals surface area contributed by atoms with Gasteiger partial charge in [0.15, 0.2) is 5.69 Å². The van der Waals surface area contributed by atoms with Gasteiger partial charge in [0.2, 0.25) is 0 Å². The zero-order chi connectivity index (χ0) is 16.0. The molecule has 0 aliphatic heterocycles. The van der Waals surface area contributed by atoms with E-state index >= 15 is 0 Å². The number of carboxylic acid groups (broad SMARTS) is 1. The fraction of sp³-hybridized carbons (Fsp3) is 0.462. The minimum absolute atomic E-state index is 0.0142. The predicted molar refractivity (Wildman–Crippen MR) is 82.1 cm³/mol. The van der Waals surface area contributed by atoms with Crippen molar-refractivity contribution < 1.29 is 14.7 Å². The topological polar surface area (TPSA) is 105 Å². The summed E-state index contributed by atoms with van der Waals surface area (Å²) in [6.07, 6.45) is 3.07. The molecule has 1 atom stereocenters. The highest BCUT2D eigenvalue weighted by Gasteiger charge is 2.20. The molecular weight excluding hydrogens is 292 g/mol. The number of carboxylic acids is 1. The van der Waals surface area contributed by atoms with Crippen molar-refractivity contribution in [2.24, 2.45) is 4.99 Å². The summed E-state index contributed by atoms with van der Waals surface area (Å²) < 4.78 is 0. The van der Waals surface area contributed by atoms with Gasteiger partial charge in [0.05, 0.1) is 11.7 Å². The van der Waals surface area contributed by atoms with Crippen molar-refractivity contribution in [3.63, 3.8) is 0 Å². The van der Waals surface area contributed by atoms with Gasteiger partial charge in [-0.2, -0.15) is 17.7 Å². The maximum Gasteiger partial charge on any atom is 0.327 e. The van der Waals surface area contributed by atoms with Gasteiger partial charge in [-0.15, -0.1) is 5.10 Å². The van der Waals surface area contributed by atoms with E-state index in [2.05, 4.69) is 33.1 Å². The van der Waals surface area contributed by atoms with Gasteiger partial charge in [0.25, 0.3) is 5.91 Å². The van der Waals surface area contributed by atoms with Gasteiger partial charge < -0.3 is 10.4 Å². The molecule has 1 aromatic heterocycles. The first kappa shape index (κ1) is 17.1. The average Bonchev–Trinajstić information content (AvgIpc) is 2.41. The molecule has 0 saturated heterocycles. The van der Waals surface area contributed by atoms with E-state index in [1.54, 1.807) is 6.21 Å². The molecule has 0 bridgehead atoms. The third kappa shape index (κ3) is 5.90. The number of aromatic nitrogens is 2. The molecule has 0 aromatic carbocycles. The van der Waals surface area contributed by atoms with Crippen molar-refractivity contribution in [1.82, 2.24) is 15.5 Å². The van der Waals surface area contributed by atoms with E-state index in [9.17, 15) is 9.59 Å². The van der Waals surface area contributed by atoms with Crippen molar-refractivity contribution in [1.29, 1.82) is 0 Å². The number of hydrogen-bond acceptors (Lipinski definition) is 6. The van der Waals surface area contributed by atoms with Crippen LogP contribution in [-0.4, -0.2) is 50.7 Å². The smallest absolute Gasteiger partial charge is 0.327 e. The first-order valence-electron chi connectivity index (χ1n) is 6.25. The van der Waals surface area contributed by atoms with Crippen LogP contribution in [-0.2, 0) is 4.79 Å². The highest BCUT2D eigenvalue weighted by molar-refractivity contribution is 7.80. The van der Waals surface area contributed by atoms with E-state index in [0.29, 0.717) is 5.56 Å². The molecule has 1 amide bonds. The maximum atomic E-state index is 11.9. The van der Waals surface area contributed by atoms with Crippen LogP contribution in [0.15, 0.2) is 17.3 Å². The Morgan fingerprint density at radius 2 is 2.19 bits per heavy atom. The Hall–Kier alpha value is -1.96. The SMILES string of the molecule is CC(C)(C)/N=C\c1cnnc(C(=O)NC(CS)C(=O)O)c1. The van der Waals surface area contributed by atoms with Gasteiger partial charge in [-0.05, 0) is 26.8 Å². The molecule has 7 nitrogen and oxygen atoms in total. The quantitative estimate of drug-likeness (QED) is 0.551. The average molecular weight is 310 g/mol. The molecule has 0 aliphatic carbocycles. The van der Waals surface area contributed by atoms with Crippen LogP contribution in [0.25, 0.3) is 0 Å². The van der Waals surface area contributed by atoms with Crippen LogP contribution >= 0.6 is 12.6 Å². The van der Waals surface area contributed by atoms with E-state index in [0.717, 1.165) is 0 Å². The number of aliphatic imine (C=N–C) groups is 1. The summed E-state index contributed by atoms with van der Waals surface area (Å²) in [4.78, 5) is 27.1. The first-order chi connectivity index (χ1) is 9.73. The number of amides is 1. The lowest BCUT2D eigenvalue weighted by molar-refractivity contribution is -0.138. The largest absolute Gasteiger partial charge is 0.480 e. The highest BCUT2D eigenvalue weighted by atomic mass is 32.1. The molecule has 0 radical (unpaired) electrons. The van der Waals surface area contributed by atoms with Crippen molar-refractivity contribution in [3.8, 4) is 0 Å². The van der Waals surface area contributed by atoms with Crippen LogP contribution < -0.4 is 5.32 Å². The summed E-state index contributed by atoms with van der Waals surface area (Å²) in [5, 5.41) is 18.6. The minimum atomic E-state index is -1.16. The van der Waals surface area contributed by atoms with Gasteiger partial charge in [-0.25, -0.2) is 4.79 Å². The van der Waals surface area contributed by atoms with Crippen LogP contribution in [0.4, 0.5) is 0 Å². The number of nitrogens with one attached hydrogen (secondary N) is 1. The molecule has 8 heteroatoms. The van der Waals surface area contributed by atoms with Gasteiger partial charge >= 0.3 is 5.97 Å². The molecule has 114 valence electrons. The highest BCUT2D eigenvalue weighted by Crippen LogP contribution is 2.07. The number of carbonyl (C=O) groups excluding carboxylic acids is 1. The number of rotatable bonds is 5. The Labute approximate surface area is 128 Å². The second-order valence-corrected chi connectivity index (χ2v) is 5.72. The summed E-state index contributed by atoms with van der Waals surface area (Å²) in [5.74, 6) is -1.79. The Balaban J connectivity index is 2.87.